The molecule has 0 aliphatic carbocycles. The van der Waals surface area contributed by atoms with Crippen LogP contribution in [-0.2, 0) is 0 Å². The monoisotopic (exact) mass is 504 g/mol. The van der Waals surface area contributed by atoms with Gasteiger partial charge in [-0.05, 0) is 30.3 Å². The molecule has 4 heterocycles. The van der Waals surface area contributed by atoms with Gasteiger partial charge >= 0.3 is 0 Å². The summed E-state index contributed by atoms with van der Waals surface area (Å²) in [4.78, 5) is 15.0. The smallest absolute Gasteiger partial charge is 0.162 e. The zero-order chi connectivity index (χ0) is 25.1. The molecule has 0 amide bonds. The second kappa shape index (κ2) is 8.33. The van der Waals surface area contributed by atoms with Gasteiger partial charge in [0.2, 0.25) is 0 Å². The normalized spacial score (nSPS) is 11.7. The van der Waals surface area contributed by atoms with Crippen LogP contribution in [0.4, 0.5) is 0 Å². The van der Waals surface area contributed by atoms with E-state index in [1.807, 2.05) is 60.0 Å². The summed E-state index contributed by atoms with van der Waals surface area (Å²) in [5.74, 6) is 1.52. The lowest BCUT2D eigenvalue weighted by Gasteiger charge is -2.12. The van der Waals surface area contributed by atoms with Crippen LogP contribution >= 0.6 is 11.3 Å². The third kappa shape index (κ3) is 3.19. The van der Waals surface area contributed by atoms with Crippen LogP contribution in [0.15, 0.2) is 121 Å². The van der Waals surface area contributed by atoms with Crippen LogP contribution in [0.5, 0.6) is 0 Å². The van der Waals surface area contributed by atoms with Crippen LogP contribution in [0.25, 0.3) is 70.6 Å². The Hall–Kier alpha value is -4.87. The molecular weight excluding hydrogens is 484 g/mol. The van der Waals surface area contributed by atoms with Gasteiger partial charge in [-0.15, -0.1) is 11.3 Å². The van der Waals surface area contributed by atoms with Crippen LogP contribution in [0.2, 0.25) is 0 Å². The highest BCUT2D eigenvalue weighted by Gasteiger charge is 2.20. The Morgan fingerprint density at radius 3 is 2.18 bits per heavy atom. The zero-order valence-corrected chi connectivity index (χ0v) is 21.1. The highest BCUT2D eigenvalue weighted by Crippen LogP contribution is 2.42. The maximum atomic E-state index is 5.13. The Labute approximate surface area is 222 Å². The number of pyridine rings is 1. The summed E-state index contributed by atoms with van der Waals surface area (Å²) in [5, 5.41) is 3.68. The van der Waals surface area contributed by atoms with E-state index in [1.165, 1.54) is 20.2 Å². The molecular formula is C33H20N4S. The molecule has 0 bridgehead atoms. The van der Waals surface area contributed by atoms with E-state index in [2.05, 4.69) is 77.4 Å². The molecule has 0 N–H and O–H groups in total. The Morgan fingerprint density at radius 1 is 0.579 bits per heavy atom. The highest BCUT2D eigenvalue weighted by molar-refractivity contribution is 7.26. The predicted octanol–water partition coefficient (Wildman–Crippen LogP) is 8.67. The third-order valence-corrected chi connectivity index (χ3v) is 8.21. The number of thiophene rings is 1. The molecule has 0 saturated heterocycles. The van der Waals surface area contributed by atoms with Crippen molar-refractivity contribution in [2.75, 3.05) is 0 Å². The number of hydrogen-bond acceptors (Lipinski definition) is 4. The predicted molar refractivity (Wildman–Crippen MR) is 158 cm³/mol. The average molecular weight is 505 g/mol. The number of hydrogen-bond donors (Lipinski definition) is 0. The molecule has 8 aromatic rings. The van der Waals surface area contributed by atoms with Crippen LogP contribution in [0, 0.1) is 0 Å². The number of benzene rings is 4. The minimum Gasteiger partial charge on any atom is -0.292 e. The summed E-state index contributed by atoms with van der Waals surface area (Å²) in [6.45, 7) is 0. The van der Waals surface area contributed by atoms with Crippen molar-refractivity contribution < 1.29 is 0 Å². The van der Waals surface area contributed by atoms with Gasteiger partial charge in [0.15, 0.2) is 5.82 Å². The number of fused-ring (bicyclic) bond motifs is 7. The number of aromatic nitrogens is 4. The van der Waals surface area contributed by atoms with Gasteiger partial charge < -0.3 is 0 Å². The third-order valence-electron chi connectivity index (χ3n) is 7.07. The fourth-order valence-corrected chi connectivity index (χ4v) is 6.51. The molecule has 0 aliphatic heterocycles. The lowest BCUT2D eigenvalue weighted by molar-refractivity contribution is 1.05. The van der Waals surface area contributed by atoms with E-state index in [1.54, 1.807) is 0 Å². The molecule has 38 heavy (non-hydrogen) atoms. The average Bonchev–Trinajstić information content (AvgIpc) is 3.53. The lowest BCUT2D eigenvalue weighted by atomic mass is 10.1. The van der Waals surface area contributed by atoms with E-state index in [4.69, 9.17) is 15.0 Å². The van der Waals surface area contributed by atoms with E-state index >= 15 is 0 Å². The first-order chi connectivity index (χ1) is 18.8. The van der Waals surface area contributed by atoms with Crippen molar-refractivity contribution in [1.82, 2.24) is 19.5 Å². The Balaban J connectivity index is 1.51. The summed E-state index contributed by atoms with van der Waals surface area (Å²) in [6.07, 6.45) is 1.88. The lowest BCUT2D eigenvalue weighted by Crippen LogP contribution is -2.02. The fraction of sp³-hybridized carbons (Fsp3) is 0. The van der Waals surface area contributed by atoms with E-state index in [-0.39, 0.29) is 0 Å². The molecule has 0 spiro atoms. The molecule has 0 fully saturated rings. The van der Waals surface area contributed by atoms with Crippen LogP contribution in [0.3, 0.4) is 0 Å². The van der Waals surface area contributed by atoms with Crippen molar-refractivity contribution in [2.45, 2.75) is 0 Å². The van der Waals surface area contributed by atoms with Gasteiger partial charge in [-0.3, -0.25) is 9.55 Å². The maximum absolute atomic E-state index is 5.13. The summed E-state index contributed by atoms with van der Waals surface area (Å²) in [7, 11) is 0. The highest BCUT2D eigenvalue weighted by atomic mass is 32.1. The molecule has 0 atom stereocenters. The second-order valence-electron chi connectivity index (χ2n) is 9.30. The Morgan fingerprint density at radius 2 is 1.34 bits per heavy atom. The molecule has 178 valence electrons. The van der Waals surface area contributed by atoms with Crippen LogP contribution in [-0.4, -0.2) is 19.5 Å². The quantitative estimate of drug-likeness (QED) is 0.242. The Kier molecular flexibility index (Phi) is 4.66. The van der Waals surface area contributed by atoms with Gasteiger partial charge in [0.05, 0.1) is 22.2 Å². The first-order valence-corrected chi connectivity index (χ1v) is 13.4. The SMILES string of the molecule is c1ccc(-c2cc(-n3c4cccnc4c4c5c(ccc43)sc3ccccc35)nc(-c3ccccc3)n2)cc1. The van der Waals surface area contributed by atoms with Gasteiger partial charge in [-0.1, -0.05) is 78.9 Å². The zero-order valence-electron chi connectivity index (χ0n) is 20.2. The summed E-state index contributed by atoms with van der Waals surface area (Å²) in [6, 6.07) is 39.8. The standard InChI is InChI=1S/C33H20N4S/c1-3-10-21(11-4-1)24-20-29(36-33(35-24)22-12-5-2-6-13-22)37-25-17-18-28-30(23-14-7-8-16-27(23)38-28)31(25)32-26(37)15-9-19-34-32/h1-20H. The van der Waals surface area contributed by atoms with E-state index in [9.17, 15) is 0 Å². The van der Waals surface area contributed by atoms with E-state index in [0.717, 1.165) is 44.6 Å². The van der Waals surface area contributed by atoms with Crippen LogP contribution < -0.4 is 0 Å². The van der Waals surface area contributed by atoms with E-state index in [0.29, 0.717) is 5.82 Å². The first kappa shape index (κ1) is 21.2. The second-order valence-corrected chi connectivity index (χ2v) is 10.4. The number of rotatable bonds is 3. The maximum Gasteiger partial charge on any atom is 0.162 e. The fourth-order valence-electron chi connectivity index (χ4n) is 5.40. The molecule has 0 aliphatic rings. The van der Waals surface area contributed by atoms with Gasteiger partial charge in [-0.2, -0.15) is 0 Å². The Bertz CT molecular complexity index is 2070. The molecule has 8 rings (SSSR count). The molecule has 0 saturated carbocycles. The molecule has 4 aromatic carbocycles. The first-order valence-electron chi connectivity index (χ1n) is 12.5. The summed E-state index contributed by atoms with van der Waals surface area (Å²) >= 11 is 1.83. The van der Waals surface area contributed by atoms with E-state index < -0.39 is 0 Å². The van der Waals surface area contributed by atoms with Gasteiger partial charge in [0, 0.05) is 48.9 Å². The van der Waals surface area contributed by atoms with Crippen molar-refractivity contribution in [2.24, 2.45) is 0 Å². The topological polar surface area (TPSA) is 43.6 Å². The molecule has 5 heteroatoms. The minimum absolute atomic E-state index is 0.697. The van der Waals surface area contributed by atoms with Crippen molar-refractivity contribution in [1.29, 1.82) is 0 Å². The summed E-state index contributed by atoms with van der Waals surface area (Å²) in [5.41, 5.74) is 6.02. The summed E-state index contributed by atoms with van der Waals surface area (Å²) < 4.78 is 4.79. The largest absolute Gasteiger partial charge is 0.292 e. The van der Waals surface area contributed by atoms with Crippen molar-refractivity contribution in [3.8, 4) is 28.5 Å². The van der Waals surface area contributed by atoms with Crippen molar-refractivity contribution in [3.05, 3.63) is 121 Å². The molecule has 4 nitrogen and oxygen atoms in total. The number of nitrogens with zero attached hydrogens (tertiary/aromatic N) is 4. The van der Waals surface area contributed by atoms with Crippen molar-refractivity contribution >= 4 is 53.4 Å². The minimum atomic E-state index is 0.697. The van der Waals surface area contributed by atoms with Gasteiger partial charge in [0.25, 0.3) is 0 Å². The molecule has 0 radical (unpaired) electrons. The molecule has 0 unspecified atom stereocenters. The van der Waals surface area contributed by atoms with Gasteiger partial charge in [-0.25, -0.2) is 9.97 Å². The van der Waals surface area contributed by atoms with Crippen LogP contribution in [0.1, 0.15) is 0 Å². The van der Waals surface area contributed by atoms with Crippen molar-refractivity contribution in [3.63, 3.8) is 0 Å². The molecule has 4 aromatic heterocycles. The van der Waals surface area contributed by atoms with Gasteiger partial charge in [0.1, 0.15) is 5.82 Å².